The van der Waals surface area contributed by atoms with Gasteiger partial charge < -0.3 is 5.11 Å². The van der Waals surface area contributed by atoms with Gasteiger partial charge in [0.2, 0.25) is 0 Å². The van der Waals surface area contributed by atoms with Gasteiger partial charge >= 0.3 is 0 Å². The van der Waals surface area contributed by atoms with Gasteiger partial charge in [-0.05, 0) is 17.9 Å². The van der Waals surface area contributed by atoms with Gasteiger partial charge in [0, 0.05) is 17.1 Å². The Kier molecular flexibility index (Phi) is 6.13. The van der Waals surface area contributed by atoms with Crippen LogP contribution in [0.2, 0.25) is 0 Å². The van der Waals surface area contributed by atoms with Crippen LogP contribution < -0.4 is 0 Å². The molecule has 0 amide bonds. The number of hydrogen-bond acceptors (Lipinski definition) is 1. The molecular weight excluding hydrogens is 372 g/mol. The van der Waals surface area contributed by atoms with E-state index in [0.29, 0.717) is 6.42 Å². The van der Waals surface area contributed by atoms with E-state index in [9.17, 15) is 5.11 Å². The molecule has 0 heterocycles. The Labute approximate surface area is 171 Å². The monoisotopic (exact) mass is 394 g/mol. The second-order valence-corrected chi connectivity index (χ2v) is 6.79. The van der Waals surface area contributed by atoms with E-state index in [1.165, 1.54) is 11.1 Å². The van der Waals surface area contributed by atoms with E-state index in [1.807, 2.05) is 60.7 Å². The Hall–Kier alpha value is -2.38. The molecule has 0 saturated carbocycles. The third-order valence-electron chi connectivity index (χ3n) is 5.18. The third-order valence-corrected chi connectivity index (χ3v) is 5.18. The number of benzene rings is 2. The van der Waals surface area contributed by atoms with Crippen LogP contribution in [0.5, 0.6) is 0 Å². The molecule has 4 rings (SSSR count). The normalized spacial score (nSPS) is 14.1. The fourth-order valence-corrected chi connectivity index (χ4v) is 3.80. The standard InChI is InChI=1S/C25H22O.Fe/c26-25(23-17-9-10-18-23,22-15-5-2-6-16-22)19-24(21-13-7-8-14-21)20-11-3-1-4-12-20;/h1-18,24,26H,19H2;/q-2;. The van der Waals surface area contributed by atoms with Crippen LogP contribution in [-0.4, -0.2) is 5.11 Å². The summed E-state index contributed by atoms with van der Waals surface area (Å²) in [6.45, 7) is 0. The molecule has 4 aromatic rings. The predicted octanol–water partition coefficient (Wildman–Crippen LogP) is 5.58. The fraction of sp³-hybridized carbons (Fsp3) is 0.120. The Morgan fingerprint density at radius 1 is 0.704 bits per heavy atom. The summed E-state index contributed by atoms with van der Waals surface area (Å²) in [4.78, 5) is 0. The molecule has 0 aliphatic carbocycles. The molecule has 0 radical (unpaired) electrons. The molecule has 0 spiro atoms. The average molecular weight is 394 g/mol. The minimum Gasteiger partial charge on any atom is -0.393 e. The molecule has 27 heavy (non-hydrogen) atoms. The minimum absolute atomic E-state index is 0. The third kappa shape index (κ3) is 3.99. The first-order chi connectivity index (χ1) is 12.8. The summed E-state index contributed by atoms with van der Waals surface area (Å²) in [5, 5.41) is 11.9. The summed E-state index contributed by atoms with van der Waals surface area (Å²) in [5.74, 6) is 0.117. The van der Waals surface area contributed by atoms with Crippen LogP contribution in [-0.2, 0) is 22.7 Å². The molecule has 0 aromatic heterocycles. The summed E-state index contributed by atoms with van der Waals surface area (Å²) in [6.07, 6.45) is 0.592. The zero-order chi connectivity index (χ0) is 17.8. The van der Waals surface area contributed by atoms with Crippen molar-refractivity contribution in [3.8, 4) is 0 Å². The molecule has 0 saturated heterocycles. The molecule has 2 unspecified atom stereocenters. The topological polar surface area (TPSA) is 20.2 Å². The smallest absolute Gasteiger partial charge is 0.0711 e. The van der Waals surface area contributed by atoms with E-state index in [-0.39, 0.29) is 23.0 Å². The fourth-order valence-electron chi connectivity index (χ4n) is 3.80. The maximum absolute atomic E-state index is 11.9. The Bertz CT molecular complexity index is 911. The van der Waals surface area contributed by atoms with Crippen LogP contribution in [0.3, 0.4) is 0 Å². The average Bonchev–Trinajstić information content (AvgIpc) is 3.41. The summed E-state index contributed by atoms with van der Waals surface area (Å²) < 4.78 is 0. The Morgan fingerprint density at radius 3 is 1.81 bits per heavy atom. The van der Waals surface area contributed by atoms with Gasteiger partial charge in [-0.2, -0.15) is 24.3 Å². The van der Waals surface area contributed by atoms with Gasteiger partial charge in [-0.3, -0.25) is 0 Å². The zero-order valence-corrected chi connectivity index (χ0v) is 16.1. The summed E-state index contributed by atoms with van der Waals surface area (Å²) in [5.41, 5.74) is 3.29. The van der Waals surface area contributed by atoms with Crippen LogP contribution in [0.25, 0.3) is 0 Å². The van der Waals surface area contributed by atoms with Gasteiger partial charge in [0.05, 0.1) is 5.60 Å². The van der Waals surface area contributed by atoms with Crippen LogP contribution in [0.4, 0.5) is 0 Å². The van der Waals surface area contributed by atoms with Crippen molar-refractivity contribution in [3.63, 3.8) is 0 Å². The molecule has 0 bridgehead atoms. The van der Waals surface area contributed by atoms with Crippen LogP contribution >= 0.6 is 0 Å². The van der Waals surface area contributed by atoms with Crippen molar-refractivity contribution in [1.82, 2.24) is 0 Å². The first kappa shape index (κ1) is 19.4. The first-order valence-corrected chi connectivity index (χ1v) is 9.04. The van der Waals surface area contributed by atoms with Crippen molar-refractivity contribution in [1.29, 1.82) is 0 Å². The molecule has 0 aliphatic heterocycles. The molecular formula is C25H22FeO-2. The molecule has 0 aliphatic rings. The summed E-state index contributed by atoms with van der Waals surface area (Å²) in [7, 11) is 0. The Morgan fingerprint density at radius 2 is 1.22 bits per heavy atom. The van der Waals surface area contributed by atoms with Crippen LogP contribution in [0.1, 0.15) is 34.6 Å². The van der Waals surface area contributed by atoms with Crippen molar-refractivity contribution < 1.29 is 22.2 Å². The predicted molar refractivity (Wildman–Crippen MR) is 106 cm³/mol. The van der Waals surface area contributed by atoms with Crippen molar-refractivity contribution in [2.75, 3.05) is 0 Å². The molecule has 4 aromatic carbocycles. The van der Waals surface area contributed by atoms with Crippen molar-refractivity contribution in [2.45, 2.75) is 17.9 Å². The van der Waals surface area contributed by atoms with E-state index < -0.39 is 5.60 Å². The Balaban J connectivity index is 0.00000210. The van der Waals surface area contributed by atoms with E-state index >= 15 is 0 Å². The minimum atomic E-state index is -1.04. The summed E-state index contributed by atoms with van der Waals surface area (Å²) in [6, 6.07) is 36.9. The van der Waals surface area contributed by atoms with Gasteiger partial charge in [-0.15, -0.1) is 11.1 Å². The van der Waals surface area contributed by atoms with Gasteiger partial charge in [-0.25, -0.2) is 24.3 Å². The largest absolute Gasteiger partial charge is 0.393 e. The van der Waals surface area contributed by atoms with Crippen LogP contribution in [0.15, 0.2) is 109 Å². The molecule has 2 heteroatoms. The zero-order valence-electron chi connectivity index (χ0n) is 15.0. The second kappa shape index (κ2) is 8.54. The SMILES string of the molecule is OC(CC(c1ccccc1)[c-]1cccc1)(c1ccccc1)[c-]1cccc1.[Fe]. The molecule has 1 N–H and O–H groups in total. The number of aliphatic hydroxyl groups is 1. The van der Waals surface area contributed by atoms with Gasteiger partial charge in [0.25, 0.3) is 0 Å². The van der Waals surface area contributed by atoms with E-state index in [0.717, 1.165) is 11.1 Å². The van der Waals surface area contributed by atoms with E-state index in [1.54, 1.807) is 0 Å². The van der Waals surface area contributed by atoms with Gasteiger partial charge in [-0.1, -0.05) is 66.2 Å². The molecule has 138 valence electrons. The van der Waals surface area contributed by atoms with E-state index in [2.05, 4.69) is 48.5 Å². The second-order valence-electron chi connectivity index (χ2n) is 6.79. The number of rotatable bonds is 6. The summed E-state index contributed by atoms with van der Waals surface area (Å²) >= 11 is 0. The molecule has 1 nitrogen and oxygen atoms in total. The van der Waals surface area contributed by atoms with E-state index in [4.69, 9.17) is 0 Å². The van der Waals surface area contributed by atoms with Crippen molar-refractivity contribution in [3.05, 3.63) is 131 Å². The maximum atomic E-state index is 11.9. The molecule has 0 fully saturated rings. The maximum Gasteiger partial charge on any atom is 0.0711 e. The van der Waals surface area contributed by atoms with Crippen LogP contribution in [0, 0.1) is 0 Å². The first-order valence-electron chi connectivity index (χ1n) is 9.04. The van der Waals surface area contributed by atoms with Gasteiger partial charge in [0.1, 0.15) is 0 Å². The van der Waals surface area contributed by atoms with Gasteiger partial charge in [0.15, 0.2) is 0 Å². The van der Waals surface area contributed by atoms with Crippen molar-refractivity contribution >= 4 is 0 Å². The number of hydrogen-bond donors (Lipinski definition) is 1. The van der Waals surface area contributed by atoms with Crippen molar-refractivity contribution in [2.24, 2.45) is 0 Å². The molecule has 2 atom stereocenters. The quantitative estimate of drug-likeness (QED) is 0.334.